The molecule has 0 saturated carbocycles. The van der Waals surface area contributed by atoms with Gasteiger partial charge in [0.15, 0.2) is 0 Å². The third kappa shape index (κ3) is 10.1. The minimum atomic E-state index is -0.939. The molecule has 0 radical (unpaired) electrons. The van der Waals surface area contributed by atoms with E-state index in [9.17, 15) is 15.0 Å². The predicted octanol–water partition coefficient (Wildman–Crippen LogP) is 4.00. The van der Waals surface area contributed by atoms with E-state index in [0.717, 1.165) is 12.0 Å². The van der Waals surface area contributed by atoms with Crippen LogP contribution in [0.2, 0.25) is 0 Å². The lowest BCUT2D eigenvalue weighted by Gasteiger charge is -2.35. The smallest absolute Gasteiger partial charge is 0.244 e. The van der Waals surface area contributed by atoms with E-state index in [1.165, 1.54) is 6.08 Å². The normalized spacial score (nSPS) is 30.6. The van der Waals surface area contributed by atoms with Crippen molar-refractivity contribution in [2.45, 2.75) is 63.6 Å². The topological polar surface area (TPSA) is 78.8 Å². The monoisotopic (exact) mass is 437 g/mol. The van der Waals surface area contributed by atoms with Crippen molar-refractivity contribution in [1.29, 1.82) is 0 Å². The molecule has 2 bridgehead atoms. The molecule has 2 rings (SSSR count). The molecule has 0 aromatic rings. The lowest BCUT2D eigenvalue weighted by molar-refractivity contribution is -0.154. The van der Waals surface area contributed by atoms with Gasteiger partial charge in [-0.15, -0.1) is 0 Å². The highest BCUT2D eigenvalue weighted by Gasteiger charge is 2.34. The fourth-order valence-corrected chi connectivity index (χ4v) is 3.30. The number of nitrogens with one attached hydrogen (secondary N) is 1. The molecule has 5 unspecified atom stereocenters. The van der Waals surface area contributed by atoms with Crippen LogP contribution in [0, 0.1) is 0 Å². The van der Waals surface area contributed by atoms with Crippen molar-refractivity contribution in [3.63, 3.8) is 0 Å². The number of amides is 1. The maximum Gasteiger partial charge on any atom is 0.244 e. The SMILES string of the molecule is CC1=CC=CC=CC=CCC(C)NC(=O)C=CC=CCC2OC(C=CC=C1)CC(O)C2O. The van der Waals surface area contributed by atoms with Gasteiger partial charge in [-0.3, -0.25) is 4.79 Å². The van der Waals surface area contributed by atoms with E-state index in [1.54, 1.807) is 12.2 Å². The van der Waals surface area contributed by atoms with E-state index in [1.807, 2.05) is 86.8 Å². The molecule has 172 valence electrons. The number of fused-ring (bicyclic) bond motifs is 2. The number of aliphatic hydroxyl groups is 2. The zero-order valence-corrected chi connectivity index (χ0v) is 18.9. The first-order chi connectivity index (χ1) is 15.5. The molecule has 1 saturated heterocycles. The summed E-state index contributed by atoms with van der Waals surface area (Å²) >= 11 is 0. The highest BCUT2D eigenvalue weighted by molar-refractivity contribution is 5.87. The van der Waals surface area contributed by atoms with Crippen molar-refractivity contribution in [3.8, 4) is 0 Å². The molecule has 1 fully saturated rings. The Bertz CT molecular complexity index is 829. The van der Waals surface area contributed by atoms with Gasteiger partial charge in [-0.05, 0) is 26.7 Å². The van der Waals surface area contributed by atoms with E-state index in [2.05, 4.69) is 5.32 Å². The lowest BCUT2D eigenvalue weighted by Crippen LogP contribution is -2.47. The number of carbonyl (C=O) groups excluding carboxylic acids is 1. The first kappa shape index (κ1) is 25.5. The molecule has 0 aromatic heterocycles. The van der Waals surface area contributed by atoms with Crippen molar-refractivity contribution in [2.75, 3.05) is 0 Å². The summed E-state index contributed by atoms with van der Waals surface area (Å²) in [7, 11) is 0. The second kappa shape index (κ2) is 14.4. The van der Waals surface area contributed by atoms with Gasteiger partial charge in [0.1, 0.15) is 6.10 Å². The maximum absolute atomic E-state index is 12.0. The molecule has 3 N–H and O–H groups in total. The number of hydrogen-bond acceptors (Lipinski definition) is 4. The van der Waals surface area contributed by atoms with Gasteiger partial charge in [-0.1, -0.05) is 90.6 Å². The molecule has 2 aliphatic heterocycles. The Hall–Kier alpha value is -2.73. The van der Waals surface area contributed by atoms with Gasteiger partial charge in [0.05, 0.1) is 18.3 Å². The highest BCUT2D eigenvalue weighted by Crippen LogP contribution is 2.23. The summed E-state index contributed by atoms with van der Waals surface area (Å²) in [5.41, 5.74) is 1.10. The number of rotatable bonds is 0. The molecule has 0 aromatic carbocycles. The van der Waals surface area contributed by atoms with Gasteiger partial charge < -0.3 is 20.3 Å². The van der Waals surface area contributed by atoms with Gasteiger partial charge in [-0.2, -0.15) is 0 Å². The predicted molar refractivity (Wildman–Crippen MR) is 130 cm³/mol. The van der Waals surface area contributed by atoms with Crippen molar-refractivity contribution < 1.29 is 19.7 Å². The minimum absolute atomic E-state index is 0.0245. The molecule has 2 heterocycles. The Morgan fingerprint density at radius 2 is 1.59 bits per heavy atom. The molecule has 5 nitrogen and oxygen atoms in total. The van der Waals surface area contributed by atoms with Crippen LogP contribution in [0.5, 0.6) is 0 Å². The number of ether oxygens (including phenoxy) is 1. The third-order valence-corrected chi connectivity index (χ3v) is 5.08. The standard InChI is InChI=1S/C27H35NO4/c1-21-14-8-5-3-4-6-9-16-22(2)28-26(30)19-11-7-10-18-25-27(31)24(29)20-23(32-25)17-13-12-15-21/h3-15,17,19,22-25,27,29,31H,16,18,20H2,1-2H3,(H,28,30). The summed E-state index contributed by atoms with van der Waals surface area (Å²) in [6.07, 6.45) is 27.3. The Balaban J connectivity index is 2.11. The minimum Gasteiger partial charge on any atom is -0.390 e. The molecule has 5 heteroatoms. The van der Waals surface area contributed by atoms with Crippen LogP contribution in [-0.4, -0.2) is 46.6 Å². The van der Waals surface area contributed by atoms with Crippen LogP contribution in [0.15, 0.2) is 96.7 Å². The van der Waals surface area contributed by atoms with Crippen LogP contribution >= 0.6 is 0 Å². The van der Waals surface area contributed by atoms with Crippen molar-refractivity contribution in [3.05, 3.63) is 96.7 Å². The summed E-state index contributed by atoms with van der Waals surface area (Å²) in [4.78, 5) is 12.0. The van der Waals surface area contributed by atoms with Crippen LogP contribution in [0.25, 0.3) is 0 Å². The summed E-state index contributed by atoms with van der Waals surface area (Å²) in [6.45, 7) is 3.98. The molecular formula is C27H35NO4. The second-order valence-corrected chi connectivity index (χ2v) is 8.03. The second-order valence-electron chi connectivity index (χ2n) is 8.03. The van der Waals surface area contributed by atoms with Crippen LogP contribution in [0.1, 0.15) is 33.1 Å². The van der Waals surface area contributed by atoms with Gasteiger partial charge in [0.25, 0.3) is 0 Å². The third-order valence-electron chi connectivity index (χ3n) is 5.08. The molecular weight excluding hydrogens is 402 g/mol. The molecule has 5 atom stereocenters. The van der Waals surface area contributed by atoms with E-state index in [4.69, 9.17) is 4.74 Å². The number of allylic oxidation sites excluding steroid dienone is 12. The molecule has 0 aliphatic carbocycles. The highest BCUT2D eigenvalue weighted by atomic mass is 16.5. The van der Waals surface area contributed by atoms with Crippen molar-refractivity contribution in [2.24, 2.45) is 0 Å². The zero-order valence-electron chi connectivity index (χ0n) is 18.9. The summed E-state index contributed by atoms with van der Waals surface area (Å²) in [6, 6.07) is 0.0245. The van der Waals surface area contributed by atoms with Crippen LogP contribution in [0.4, 0.5) is 0 Å². The van der Waals surface area contributed by atoms with E-state index < -0.39 is 18.3 Å². The van der Waals surface area contributed by atoms with E-state index >= 15 is 0 Å². The fraction of sp³-hybridized carbons (Fsp3) is 0.370. The fourth-order valence-electron chi connectivity index (χ4n) is 3.30. The Kier molecular flexibility index (Phi) is 11.5. The molecule has 1 amide bonds. The van der Waals surface area contributed by atoms with Gasteiger partial charge in [-0.25, -0.2) is 0 Å². The first-order valence-corrected chi connectivity index (χ1v) is 11.1. The molecule has 0 spiro atoms. The maximum atomic E-state index is 12.0. The largest absolute Gasteiger partial charge is 0.390 e. The summed E-state index contributed by atoms with van der Waals surface area (Å²) < 4.78 is 5.94. The Morgan fingerprint density at radius 3 is 2.44 bits per heavy atom. The average molecular weight is 438 g/mol. The summed E-state index contributed by atoms with van der Waals surface area (Å²) in [5.74, 6) is -0.159. The molecule has 2 aliphatic rings. The number of carbonyl (C=O) groups is 1. The number of aliphatic hydroxyl groups excluding tert-OH is 2. The molecule has 32 heavy (non-hydrogen) atoms. The van der Waals surface area contributed by atoms with Crippen LogP contribution in [0.3, 0.4) is 0 Å². The summed E-state index contributed by atoms with van der Waals surface area (Å²) in [5, 5.41) is 23.4. The van der Waals surface area contributed by atoms with E-state index in [0.29, 0.717) is 12.8 Å². The first-order valence-electron chi connectivity index (χ1n) is 11.1. The average Bonchev–Trinajstić information content (AvgIpc) is 2.75. The lowest BCUT2D eigenvalue weighted by atomic mass is 9.95. The van der Waals surface area contributed by atoms with Crippen molar-refractivity contribution >= 4 is 5.91 Å². The van der Waals surface area contributed by atoms with Gasteiger partial charge in [0, 0.05) is 18.5 Å². The van der Waals surface area contributed by atoms with Gasteiger partial charge in [0.2, 0.25) is 5.91 Å². The van der Waals surface area contributed by atoms with Gasteiger partial charge >= 0.3 is 0 Å². The Morgan fingerprint density at radius 1 is 0.906 bits per heavy atom. The van der Waals surface area contributed by atoms with Crippen LogP contribution in [-0.2, 0) is 9.53 Å². The van der Waals surface area contributed by atoms with Crippen molar-refractivity contribution in [1.82, 2.24) is 5.32 Å². The zero-order chi connectivity index (χ0) is 23.2. The Labute approximate surface area is 191 Å². The quantitative estimate of drug-likeness (QED) is 0.535. The van der Waals surface area contributed by atoms with E-state index in [-0.39, 0.29) is 18.1 Å². The van der Waals surface area contributed by atoms with Crippen LogP contribution < -0.4 is 5.32 Å². The number of hydrogen-bond donors (Lipinski definition) is 3.